The Morgan fingerprint density at radius 2 is 1.66 bits per heavy atom. The van der Waals surface area contributed by atoms with Crippen LogP contribution in [0.3, 0.4) is 0 Å². The third-order valence-electron chi connectivity index (χ3n) is 6.06. The molecule has 1 saturated heterocycles. The number of carbonyl (C=O) groups is 1. The van der Waals surface area contributed by atoms with E-state index in [0.29, 0.717) is 48.3 Å². The lowest BCUT2D eigenvalue weighted by atomic mass is 9.88. The molecule has 1 amide bonds. The van der Waals surface area contributed by atoms with Gasteiger partial charge in [-0.1, -0.05) is 24.3 Å². The van der Waals surface area contributed by atoms with E-state index < -0.39 is 23.4 Å². The first kappa shape index (κ1) is 24.9. The van der Waals surface area contributed by atoms with Crippen molar-refractivity contribution in [3.63, 3.8) is 0 Å². The minimum atomic E-state index is -0.508. The van der Waals surface area contributed by atoms with Crippen LogP contribution in [0.15, 0.2) is 60.9 Å². The van der Waals surface area contributed by atoms with Crippen molar-refractivity contribution in [2.45, 2.75) is 37.4 Å². The number of benzene rings is 2. The van der Waals surface area contributed by atoms with Gasteiger partial charge >= 0.3 is 0 Å². The van der Waals surface area contributed by atoms with Crippen LogP contribution in [0.2, 0.25) is 0 Å². The number of carbonyl (C=O) groups excluding carboxylic acids is 1. The van der Waals surface area contributed by atoms with E-state index >= 15 is 0 Å². The lowest BCUT2D eigenvalue weighted by Crippen LogP contribution is -2.43. The molecule has 2 atom stereocenters. The minimum Gasteiger partial charge on any atom is -0.372 e. The Kier molecular flexibility index (Phi) is 8.15. The molecule has 8 heteroatoms. The van der Waals surface area contributed by atoms with Crippen molar-refractivity contribution < 1.29 is 22.7 Å². The molecule has 0 saturated carbocycles. The number of nitrogens with zero attached hydrogens (tertiary/aromatic N) is 1. The molecular formula is C27H27F3N3O2. The monoisotopic (exact) mass is 482 g/mol. The van der Waals surface area contributed by atoms with E-state index in [-0.39, 0.29) is 24.5 Å². The van der Waals surface area contributed by atoms with Gasteiger partial charge in [0.15, 0.2) is 0 Å². The normalized spacial score (nSPS) is 18.0. The summed E-state index contributed by atoms with van der Waals surface area (Å²) in [4.78, 5) is 17.0. The maximum absolute atomic E-state index is 14.6. The Balaban J connectivity index is 1.50. The average Bonchev–Trinajstić information content (AvgIpc) is 2.83. The van der Waals surface area contributed by atoms with Gasteiger partial charge in [0, 0.05) is 31.0 Å². The van der Waals surface area contributed by atoms with Gasteiger partial charge in [0.05, 0.1) is 30.3 Å². The molecule has 2 aromatic carbocycles. The van der Waals surface area contributed by atoms with Crippen molar-refractivity contribution in [3.8, 4) is 0 Å². The van der Waals surface area contributed by atoms with E-state index in [4.69, 9.17) is 4.74 Å². The van der Waals surface area contributed by atoms with Gasteiger partial charge in [-0.25, -0.2) is 13.2 Å². The molecule has 0 spiro atoms. The minimum absolute atomic E-state index is 0.00788. The molecule has 4 rings (SSSR count). The SMILES string of the molecule is [CH2][C@H]1CNC[C@@H](CCc2c(F)cncc2NC(=O)CC(c2ccc(F)cc2)c2ccc(F)cc2)O1. The molecular weight excluding hydrogens is 455 g/mol. The summed E-state index contributed by atoms with van der Waals surface area (Å²) in [6, 6.07) is 11.7. The lowest BCUT2D eigenvalue weighted by molar-refractivity contribution is -0.116. The molecule has 1 radical (unpaired) electrons. The van der Waals surface area contributed by atoms with Crippen LogP contribution in [0.25, 0.3) is 0 Å². The number of pyridine rings is 1. The topological polar surface area (TPSA) is 63.2 Å². The highest BCUT2D eigenvalue weighted by Crippen LogP contribution is 2.30. The van der Waals surface area contributed by atoms with Crippen molar-refractivity contribution in [1.82, 2.24) is 10.3 Å². The quantitative estimate of drug-likeness (QED) is 0.485. The molecule has 35 heavy (non-hydrogen) atoms. The van der Waals surface area contributed by atoms with Crippen LogP contribution in [-0.2, 0) is 16.0 Å². The van der Waals surface area contributed by atoms with Gasteiger partial charge in [-0.05, 0) is 55.2 Å². The third kappa shape index (κ3) is 6.68. The van der Waals surface area contributed by atoms with E-state index in [0.717, 1.165) is 6.20 Å². The third-order valence-corrected chi connectivity index (χ3v) is 6.06. The van der Waals surface area contributed by atoms with Crippen LogP contribution < -0.4 is 10.6 Å². The van der Waals surface area contributed by atoms with Crippen molar-refractivity contribution >= 4 is 11.6 Å². The number of anilines is 1. The molecule has 5 nitrogen and oxygen atoms in total. The Morgan fingerprint density at radius 3 is 2.26 bits per heavy atom. The van der Waals surface area contributed by atoms with E-state index in [1.807, 2.05) is 0 Å². The van der Waals surface area contributed by atoms with Crippen molar-refractivity contribution in [2.75, 3.05) is 18.4 Å². The van der Waals surface area contributed by atoms with Gasteiger partial charge in [0.1, 0.15) is 17.5 Å². The summed E-state index contributed by atoms with van der Waals surface area (Å²) in [7, 11) is 0. The summed E-state index contributed by atoms with van der Waals surface area (Å²) in [6.45, 7) is 5.22. The van der Waals surface area contributed by atoms with Gasteiger partial charge < -0.3 is 15.4 Å². The van der Waals surface area contributed by atoms with Gasteiger partial charge in [0.2, 0.25) is 5.91 Å². The standard InChI is InChI=1S/C27H27F3N3O2/c1-17-13-31-14-22(35-17)10-11-23-25(30)15-32-16-26(23)33-27(34)12-24(18-2-6-20(28)7-3-18)19-4-8-21(29)9-5-19/h2-9,15-17,22,24,31H,1,10-14H2,(H,33,34)/t17-,22+/m0/s1. The molecule has 0 bridgehead atoms. The summed E-state index contributed by atoms with van der Waals surface area (Å²) in [5.74, 6) is -2.11. The largest absolute Gasteiger partial charge is 0.372 e. The number of amides is 1. The van der Waals surface area contributed by atoms with E-state index in [1.165, 1.54) is 30.5 Å². The molecule has 0 aliphatic carbocycles. The highest BCUT2D eigenvalue weighted by atomic mass is 19.1. The second kappa shape index (κ2) is 11.5. The Labute approximate surface area is 202 Å². The predicted molar refractivity (Wildman–Crippen MR) is 127 cm³/mol. The zero-order valence-electron chi connectivity index (χ0n) is 19.1. The highest BCUT2D eigenvalue weighted by molar-refractivity contribution is 5.92. The Hall–Kier alpha value is -3.23. The van der Waals surface area contributed by atoms with E-state index in [1.54, 1.807) is 24.3 Å². The number of nitrogens with one attached hydrogen (secondary N) is 2. The summed E-state index contributed by atoms with van der Waals surface area (Å²) in [5.41, 5.74) is 2.05. The van der Waals surface area contributed by atoms with Gasteiger partial charge in [-0.2, -0.15) is 0 Å². The Bertz CT molecular complexity index is 1090. The molecule has 1 fully saturated rings. The van der Waals surface area contributed by atoms with Crippen molar-refractivity contribution in [2.24, 2.45) is 0 Å². The van der Waals surface area contributed by atoms with Crippen LogP contribution in [-0.4, -0.2) is 36.2 Å². The first-order valence-electron chi connectivity index (χ1n) is 11.5. The fraction of sp³-hybridized carbons (Fsp3) is 0.296. The first-order chi connectivity index (χ1) is 16.9. The molecule has 1 aliphatic heterocycles. The molecule has 0 unspecified atom stereocenters. The van der Waals surface area contributed by atoms with E-state index in [9.17, 15) is 18.0 Å². The number of aromatic nitrogens is 1. The molecule has 3 aromatic rings. The van der Waals surface area contributed by atoms with Gasteiger partial charge in [-0.3, -0.25) is 9.78 Å². The predicted octanol–water partition coefficient (Wildman–Crippen LogP) is 4.78. The average molecular weight is 483 g/mol. The number of rotatable bonds is 8. The van der Waals surface area contributed by atoms with Gasteiger partial charge in [0.25, 0.3) is 0 Å². The van der Waals surface area contributed by atoms with Crippen LogP contribution in [0.1, 0.15) is 35.4 Å². The molecule has 1 aliphatic rings. The molecule has 183 valence electrons. The van der Waals surface area contributed by atoms with Crippen molar-refractivity contribution in [3.05, 3.63) is 102 Å². The second-order valence-electron chi connectivity index (χ2n) is 8.63. The number of hydrogen-bond acceptors (Lipinski definition) is 4. The first-order valence-corrected chi connectivity index (χ1v) is 11.5. The van der Waals surface area contributed by atoms with Gasteiger partial charge in [-0.15, -0.1) is 0 Å². The number of hydrogen-bond donors (Lipinski definition) is 2. The fourth-order valence-electron chi connectivity index (χ4n) is 4.28. The number of halogens is 3. The van der Waals surface area contributed by atoms with Crippen LogP contribution in [0.4, 0.5) is 18.9 Å². The van der Waals surface area contributed by atoms with Crippen molar-refractivity contribution in [1.29, 1.82) is 0 Å². The fourth-order valence-corrected chi connectivity index (χ4v) is 4.28. The van der Waals surface area contributed by atoms with Crippen LogP contribution >= 0.6 is 0 Å². The lowest BCUT2D eigenvalue weighted by Gasteiger charge is -2.28. The maximum atomic E-state index is 14.6. The number of morpholine rings is 1. The smallest absolute Gasteiger partial charge is 0.225 e. The zero-order chi connectivity index (χ0) is 24.8. The second-order valence-corrected chi connectivity index (χ2v) is 8.63. The summed E-state index contributed by atoms with van der Waals surface area (Å²) < 4.78 is 47.4. The zero-order valence-corrected chi connectivity index (χ0v) is 19.1. The summed E-state index contributed by atoms with van der Waals surface area (Å²) in [5, 5.41) is 6.01. The molecule has 2 heterocycles. The molecule has 2 N–H and O–H groups in total. The molecule has 1 aromatic heterocycles. The Morgan fingerprint density at radius 1 is 1.03 bits per heavy atom. The summed E-state index contributed by atoms with van der Waals surface area (Å²) >= 11 is 0. The van der Waals surface area contributed by atoms with Crippen LogP contribution in [0.5, 0.6) is 0 Å². The maximum Gasteiger partial charge on any atom is 0.225 e. The number of ether oxygens (including phenoxy) is 1. The summed E-state index contributed by atoms with van der Waals surface area (Å²) in [6.07, 6.45) is 3.17. The highest BCUT2D eigenvalue weighted by Gasteiger charge is 2.22. The van der Waals surface area contributed by atoms with Crippen LogP contribution in [0, 0.1) is 24.4 Å². The van der Waals surface area contributed by atoms with E-state index in [2.05, 4.69) is 22.5 Å².